The number of hydrogen-bond donors (Lipinski definition) is 2. The average Bonchev–Trinajstić information content (AvgIpc) is 3.79. The summed E-state index contributed by atoms with van der Waals surface area (Å²) in [4.78, 5) is 21.7. The van der Waals surface area contributed by atoms with Crippen LogP contribution in [0.3, 0.4) is 0 Å². The number of imidazole rings is 1. The Hall–Kier alpha value is -5.15. The van der Waals surface area contributed by atoms with Gasteiger partial charge in [0.25, 0.3) is 0 Å². The molecule has 0 amide bonds. The second-order valence-corrected chi connectivity index (χ2v) is 9.07. The molecule has 2 N–H and O–H groups in total. The van der Waals surface area contributed by atoms with Crippen molar-refractivity contribution in [1.29, 1.82) is 0 Å². The highest BCUT2D eigenvalue weighted by Gasteiger charge is 2.41. The lowest BCUT2D eigenvalue weighted by Crippen LogP contribution is -2.45. The van der Waals surface area contributed by atoms with Crippen molar-refractivity contribution in [1.82, 2.24) is 54.3 Å². The number of H-pyrrole nitrogens is 2. The predicted molar refractivity (Wildman–Crippen MR) is 142 cm³/mol. The van der Waals surface area contributed by atoms with Gasteiger partial charge in [0.15, 0.2) is 17.5 Å². The van der Waals surface area contributed by atoms with Gasteiger partial charge in [-0.3, -0.25) is 20.1 Å². The van der Waals surface area contributed by atoms with Crippen LogP contribution < -0.4 is 10.0 Å². The highest BCUT2D eigenvalue weighted by atomic mass is 32.1. The molecular weight excluding hydrogens is 522 g/mol. The molecule has 7 rings (SSSR count). The van der Waals surface area contributed by atoms with Crippen LogP contribution in [0.1, 0.15) is 22.9 Å². The normalized spacial score (nSPS) is 14.0. The summed E-state index contributed by atoms with van der Waals surface area (Å²) in [7, 11) is 0. The molecule has 0 aliphatic carbocycles. The third kappa shape index (κ3) is 3.64. The summed E-state index contributed by atoms with van der Waals surface area (Å²) in [5.41, 5.74) is 4.61. The topological polar surface area (TPSA) is 154 Å². The van der Waals surface area contributed by atoms with E-state index in [0.717, 1.165) is 5.57 Å². The van der Waals surface area contributed by atoms with Gasteiger partial charge in [0, 0.05) is 47.5 Å². The summed E-state index contributed by atoms with van der Waals surface area (Å²) in [6.07, 6.45) is 11.9. The van der Waals surface area contributed by atoms with Gasteiger partial charge in [-0.15, -0.1) is 10.2 Å². The van der Waals surface area contributed by atoms with Gasteiger partial charge in [-0.25, -0.2) is 15.0 Å². The van der Waals surface area contributed by atoms with E-state index < -0.39 is 0 Å². The number of nitrogens with zero attached hydrogens (tertiary/aromatic N) is 11. The first kappa shape index (κ1) is 22.1. The lowest BCUT2D eigenvalue weighted by Gasteiger charge is -2.42. The number of nitrogens with one attached hydrogen (secondary N) is 2. The van der Waals surface area contributed by atoms with Crippen LogP contribution in [0, 0.1) is 0 Å². The lowest BCUT2D eigenvalue weighted by atomic mass is 9.91. The largest absolute Gasteiger partial charge is 0.343 e. The van der Waals surface area contributed by atoms with Crippen molar-refractivity contribution in [3.8, 4) is 0 Å². The zero-order chi connectivity index (χ0) is 25.3. The van der Waals surface area contributed by atoms with Gasteiger partial charge in [-0.1, -0.05) is 15.8 Å². The first-order chi connectivity index (χ1) is 18.9. The molecule has 0 saturated heterocycles. The number of hydrazine groups is 1. The Balaban J connectivity index is 1.69. The average molecular weight is 538 g/mol. The maximum atomic E-state index is 4.74. The molecule has 1 aliphatic rings. The van der Waals surface area contributed by atoms with E-state index in [1.165, 1.54) is 23.1 Å². The third-order valence-electron chi connectivity index (χ3n) is 5.68. The Morgan fingerprint density at radius 1 is 0.763 bits per heavy atom. The van der Waals surface area contributed by atoms with Gasteiger partial charge in [-0.2, -0.15) is 4.37 Å². The Morgan fingerprint density at radius 2 is 1.68 bits per heavy atom. The number of aromatic amines is 2. The Kier molecular flexibility index (Phi) is 5.45. The molecule has 0 bridgehead atoms. The molecule has 0 saturated carbocycles. The van der Waals surface area contributed by atoms with Gasteiger partial charge in [0.05, 0.1) is 23.5 Å². The van der Waals surface area contributed by atoms with E-state index in [-0.39, 0.29) is 0 Å². The molecule has 15 heteroatoms. The van der Waals surface area contributed by atoms with Crippen molar-refractivity contribution in [3.05, 3.63) is 101 Å². The lowest BCUT2D eigenvalue weighted by molar-refractivity contribution is 0.920. The van der Waals surface area contributed by atoms with E-state index in [4.69, 9.17) is 14.3 Å². The van der Waals surface area contributed by atoms with E-state index in [1.54, 1.807) is 43.4 Å². The number of anilines is 2. The fraction of sp³-hybridized carbons (Fsp3) is 0. The van der Waals surface area contributed by atoms with Crippen LogP contribution in [0.15, 0.2) is 78.4 Å². The Labute approximate surface area is 222 Å². The molecule has 184 valence electrons. The molecule has 0 atom stereocenters. The molecule has 0 fully saturated rings. The van der Waals surface area contributed by atoms with Crippen LogP contribution in [-0.4, -0.2) is 54.3 Å². The van der Waals surface area contributed by atoms with Crippen molar-refractivity contribution >= 4 is 57.2 Å². The predicted octanol–water partition coefficient (Wildman–Crippen LogP) is 3.40. The van der Waals surface area contributed by atoms with Crippen LogP contribution in [0.5, 0.6) is 0 Å². The molecule has 6 aromatic heterocycles. The van der Waals surface area contributed by atoms with E-state index >= 15 is 0 Å². The molecule has 13 nitrogen and oxygen atoms in total. The number of pyridine rings is 1. The maximum absolute atomic E-state index is 4.74. The smallest absolute Gasteiger partial charge is 0.187 e. The summed E-state index contributed by atoms with van der Waals surface area (Å²) in [6, 6.07) is 7.66. The van der Waals surface area contributed by atoms with E-state index in [2.05, 4.69) is 39.9 Å². The number of allylic oxidation sites excluding steroid dienone is 2. The fourth-order valence-corrected chi connectivity index (χ4v) is 5.16. The van der Waals surface area contributed by atoms with Crippen LogP contribution >= 0.6 is 23.1 Å². The van der Waals surface area contributed by atoms with Gasteiger partial charge in [0.2, 0.25) is 0 Å². The molecule has 0 unspecified atom stereocenters. The summed E-state index contributed by atoms with van der Waals surface area (Å²) in [5, 5.41) is 23.3. The number of aromatic nitrogens is 11. The van der Waals surface area contributed by atoms with E-state index in [1.807, 2.05) is 45.0 Å². The first-order valence-electron chi connectivity index (χ1n) is 11.2. The summed E-state index contributed by atoms with van der Waals surface area (Å²) < 4.78 is 8.85. The minimum atomic E-state index is 0.553. The summed E-state index contributed by atoms with van der Waals surface area (Å²) in [5.74, 6) is 1.76. The molecule has 0 aromatic carbocycles. The van der Waals surface area contributed by atoms with Crippen LogP contribution in [0.25, 0.3) is 22.5 Å². The monoisotopic (exact) mass is 537 g/mol. The van der Waals surface area contributed by atoms with Gasteiger partial charge >= 0.3 is 0 Å². The minimum Gasteiger partial charge on any atom is -0.343 e. The quantitative estimate of drug-likeness (QED) is 0.321. The van der Waals surface area contributed by atoms with Crippen molar-refractivity contribution in [2.45, 2.75) is 0 Å². The van der Waals surface area contributed by atoms with Gasteiger partial charge < -0.3 is 4.98 Å². The molecular formula is C23H15N13S2. The highest BCUT2D eigenvalue weighted by molar-refractivity contribution is 7.04. The van der Waals surface area contributed by atoms with E-state index in [0.29, 0.717) is 51.5 Å². The van der Waals surface area contributed by atoms with Crippen LogP contribution in [0.4, 0.5) is 11.6 Å². The van der Waals surface area contributed by atoms with Crippen LogP contribution in [0.2, 0.25) is 0 Å². The summed E-state index contributed by atoms with van der Waals surface area (Å²) in [6.45, 7) is 0. The molecule has 1 aliphatic heterocycles. The number of hydrogen-bond acceptors (Lipinski definition) is 13. The minimum absolute atomic E-state index is 0.553. The van der Waals surface area contributed by atoms with E-state index in [9.17, 15) is 0 Å². The van der Waals surface area contributed by atoms with Gasteiger partial charge in [0.1, 0.15) is 22.8 Å². The van der Waals surface area contributed by atoms with Crippen molar-refractivity contribution < 1.29 is 0 Å². The molecule has 6 aromatic rings. The second-order valence-electron chi connectivity index (χ2n) is 7.79. The zero-order valence-electron chi connectivity index (χ0n) is 19.2. The van der Waals surface area contributed by atoms with Crippen molar-refractivity contribution in [2.75, 3.05) is 10.0 Å². The zero-order valence-corrected chi connectivity index (χ0v) is 20.9. The maximum Gasteiger partial charge on any atom is 0.187 e. The Bertz CT molecular complexity index is 1690. The van der Waals surface area contributed by atoms with Crippen LogP contribution in [-0.2, 0) is 0 Å². The summed E-state index contributed by atoms with van der Waals surface area (Å²) >= 11 is 2.56. The van der Waals surface area contributed by atoms with Crippen molar-refractivity contribution in [2.24, 2.45) is 0 Å². The fourth-order valence-electron chi connectivity index (χ4n) is 4.25. The standard InChI is InChI=1S/C23H15N13S2/c1-2-5-25-14(3-1)19-20(15-12-29-33-30-15)22(23-27-8-9-28-23)36(18-13-38-34-31-18)35(17-4-10-37-32-17)21(19)16-11-24-6-7-26-16/h1-13H,(H,27,28)(H,29,30,33). The highest BCUT2D eigenvalue weighted by Crippen LogP contribution is 2.49. The SMILES string of the molecule is c1ccc(C2=C(c3cnccn3)N(c3ccsn3)N(c3csnn3)C(c3ncc[nH]3)=C2c2c[nH]nn2)nc1. The molecule has 7 heterocycles. The molecule has 0 spiro atoms. The van der Waals surface area contributed by atoms with Gasteiger partial charge in [-0.05, 0) is 41.3 Å². The second kappa shape index (κ2) is 9.38. The molecule has 0 radical (unpaired) electrons. The number of rotatable bonds is 6. The Morgan fingerprint density at radius 3 is 2.37 bits per heavy atom. The van der Waals surface area contributed by atoms with Crippen molar-refractivity contribution in [3.63, 3.8) is 0 Å². The third-order valence-corrected chi connectivity index (χ3v) is 6.72. The molecule has 38 heavy (non-hydrogen) atoms. The first-order valence-corrected chi connectivity index (χ1v) is 12.9.